The first-order valence-electron chi connectivity index (χ1n) is 3.21. The van der Waals surface area contributed by atoms with Crippen LogP contribution in [0.4, 0.5) is 0 Å². The number of carbonyl (C=O) groups is 1. The number of hydrogen-bond acceptors (Lipinski definition) is 2. The predicted molar refractivity (Wildman–Crippen MR) is 45.3 cm³/mol. The Morgan fingerprint density at radius 3 is 2.09 bits per heavy atom. The Kier molecular flexibility index (Phi) is 3.31. The summed E-state index contributed by atoms with van der Waals surface area (Å²) in [6.45, 7) is 9.99. The summed E-state index contributed by atoms with van der Waals surface area (Å²) >= 11 is 0. The number of hydrogen-bond donors (Lipinski definition) is 1. The maximum atomic E-state index is 10.6. The van der Waals surface area contributed by atoms with Crippen LogP contribution >= 0.6 is 0 Å². The molecule has 0 heterocycles. The van der Waals surface area contributed by atoms with Gasteiger partial charge in [-0.25, -0.2) is 0 Å². The van der Waals surface area contributed by atoms with E-state index in [0.29, 0.717) is 5.57 Å². The fourth-order valence-corrected chi connectivity index (χ4v) is 0.390. The predicted octanol–water partition coefficient (Wildman–Crippen LogP) is 2.15. The standard InChI is InChI=1S/C9H12O2/c1-6(2)9(11)5-7(3)8(4)10/h5,11H,1,3H2,2,4H3/b9-5+. The van der Waals surface area contributed by atoms with Crippen LogP contribution in [-0.2, 0) is 4.79 Å². The molecule has 0 radical (unpaired) electrons. The van der Waals surface area contributed by atoms with Crippen LogP contribution in [0.1, 0.15) is 13.8 Å². The first-order valence-corrected chi connectivity index (χ1v) is 3.21. The summed E-state index contributed by atoms with van der Waals surface area (Å²) in [5.74, 6) is -0.150. The molecule has 0 fully saturated rings. The number of allylic oxidation sites excluding steroid dienone is 3. The lowest BCUT2D eigenvalue weighted by molar-refractivity contribution is -0.113. The van der Waals surface area contributed by atoms with Gasteiger partial charge in [0.2, 0.25) is 0 Å². The lowest BCUT2D eigenvalue weighted by atomic mass is 10.1. The van der Waals surface area contributed by atoms with Crippen molar-refractivity contribution in [2.24, 2.45) is 0 Å². The van der Waals surface area contributed by atoms with E-state index in [4.69, 9.17) is 5.11 Å². The number of Topliss-reactive ketones (excluding diaryl/α,β-unsaturated/α-hetero) is 1. The fraction of sp³-hybridized carbons (Fsp3) is 0.222. The molecule has 1 N–H and O–H groups in total. The van der Waals surface area contributed by atoms with Crippen molar-refractivity contribution < 1.29 is 9.90 Å². The molecular formula is C9H12O2. The quantitative estimate of drug-likeness (QED) is 0.382. The number of aliphatic hydroxyl groups excluding tert-OH is 1. The van der Waals surface area contributed by atoms with Crippen LogP contribution in [0.15, 0.2) is 36.1 Å². The van der Waals surface area contributed by atoms with Crippen molar-refractivity contribution in [3.8, 4) is 0 Å². The number of carbonyl (C=O) groups excluding carboxylic acids is 1. The number of rotatable bonds is 3. The molecule has 0 bridgehead atoms. The summed E-state index contributed by atoms with van der Waals surface area (Å²) < 4.78 is 0. The molecule has 0 aliphatic carbocycles. The molecule has 0 aromatic heterocycles. The van der Waals surface area contributed by atoms with Gasteiger partial charge in [-0.3, -0.25) is 4.79 Å². The van der Waals surface area contributed by atoms with Gasteiger partial charge in [-0.2, -0.15) is 0 Å². The first-order chi connectivity index (χ1) is 4.95. The van der Waals surface area contributed by atoms with E-state index in [1.54, 1.807) is 6.92 Å². The molecule has 0 saturated heterocycles. The topological polar surface area (TPSA) is 37.3 Å². The molecule has 2 nitrogen and oxygen atoms in total. The van der Waals surface area contributed by atoms with Crippen molar-refractivity contribution in [1.82, 2.24) is 0 Å². The van der Waals surface area contributed by atoms with Gasteiger partial charge >= 0.3 is 0 Å². The summed E-state index contributed by atoms with van der Waals surface area (Å²) in [6, 6.07) is 0. The largest absolute Gasteiger partial charge is 0.508 e. The zero-order valence-electron chi connectivity index (χ0n) is 6.85. The summed E-state index contributed by atoms with van der Waals surface area (Å²) in [7, 11) is 0. The minimum Gasteiger partial charge on any atom is -0.508 e. The highest BCUT2D eigenvalue weighted by Crippen LogP contribution is 2.05. The van der Waals surface area contributed by atoms with Crippen LogP contribution in [0, 0.1) is 0 Å². The molecule has 0 aliphatic heterocycles. The highest BCUT2D eigenvalue weighted by Gasteiger charge is 1.98. The monoisotopic (exact) mass is 152 g/mol. The summed E-state index contributed by atoms with van der Waals surface area (Å²) in [4.78, 5) is 10.6. The first kappa shape index (κ1) is 9.69. The van der Waals surface area contributed by atoms with Crippen LogP contribution in [0.3, 0.4) is 0 Å². The molecule has 0 aliphatic rings. The molecule has 0 aromatic carbocycles. The van der Waals surface area contributed by atoms with Gasteiger partial charge in [0.25, 0.3) is 0 Å². The van der Waals surface area contributed by atoms with Crippen molar-refractivity contribution in [2.45, 2.75) is 13.8 Å². The second-order valence-electron chi connectivity index (χ2n) is 2.39. The van der Waals surface area contributed by atoms with Gasteiger partial charge < -0.3 is 5.11 Å². The summed E-state index contributed by atoms with van der Waals surface area (Å²) in [6.07, 6.45) is 1.31. The third-order valence-corrected chi connectivity index (χ3v) is 1.20. The molecule has 0 saturated carbocycles. The van der Waals surface area contributed by atoms with Crippen molar-refractivity contribution in [3.05, 3.63) is 36.1 Å². The van der Waals surface area contributed by atoms with Crippen LogP contribution in [-0.4, -0.2) is 10.9 Å². The van der Waals surface area contributed by atoms with Crippen molar-refractivity contribution >= 4 is 5.78 Å². The average molecular weight is 152 g/mol. The van der Waals surface area contributed by atoms with E-state index in [1.807, 2.05) is 0 Å². The third kappa shape index (κ3) is 3.40. The zero-order valence-corrected chi connectivity index (χ0v) is 6.85. The lowest BCUT2D eigenvalue weighted by Crippen LogP contribution is -1.93. The molecular weight excluding hydrogens is 140 g/mol. The second kappa shape index (κ2) is 3.76. The van der Waals surface area contributed by atoms with Crippen molar-refractivity contribution in [1.29, 1.82) is 0 Å². The van der Waals surface area contributed by atoms with Gasteiger partial charge in [0.05, 0.1) is 0 Å². The molecule has 0 rings (SSSR count). The molecule has 0 aromatic rings. The van der Waals surface area contributed by atoms with Gasteiger partial charge in [-0.1, -0.05) is 13.2 Å². The van der Waals surface area contributed by atoms with Crippen molar-refractivity contribution in [2.75, 3.05) is 0 Å². The SMILES string of the molecule is C=C(/C=C(/O)C(=C)C)C(C)=O. The van der Waals surface area contributed by atoms with Gasteiger partial charge in [0, 0.05) is 5.57 Å². The van der Waals surface area contributed by atoms with Crippen LogP contribution < -0.4 is 0 Å². The number of aliphatic hydroxyl groups is 1. The summed E-state index contributed by atoms with van der Waals surface area (Å²) in [5.41, 5.74) is 0.804. The Labute approximate surface area is 66.5 Å². The highest BCUT2D eigenvalue weighted by molar-refractivity contribution is 5.95. The molecule has 0 amide bonds. The van der Waals surface area contributed by atoms with E-state index < -0.39 is 0 Å². The molecule has 2 heteroatoms. The smallest absolute Gasteiger partial charge is 0.159 e. The Hall–Kier alpha value is -1.31. The van der Waals surface area contributed by atoms with Crippen LogP contribution in [0.5, 0.6) is 0 Å². The molecule has 11 heavy (non-hydrogen) atoms. The van der Waals surface area contributed by atoms with Gasteiger partial charge in [0.15, 0.2) is 5.78 Å². The van der Waals surface area contributed by atoms with Crippen LogP contribution in [0.25, 0.3) is 0 Å². The highest BCUT2D eigenvalue weighted by atomic mass is 16.3. The van der Waals surface area contributed by atoms with E-state index in [9.17, 15) is 4.79 Å². The molecule has 0 unspecified atom stereocenters. The van der Waals surface area contributed by atoms with Gasteiger partial charge in [0.1, 0.15) is 5.76 Å². The summed E-state index contributed by atoms with van der Waals surface area (Å²) in [5, 5.41) is 9.09. The Morgan fingerprint density at radius 1 is 1.36 bits per heavy atom. The minimum atomic E-state index is -0.155. The van der Waals surface area contributed by atoms with Gasteiger partial charge in [-0.05, 0) is 25.5 Å². The zero-order chi connectivity index (χ0) is 9.02. The third-order valence-electron chi connectivity index (χ3n) is 1.20. The fourth-order valence-electron chi connectivity index (χ4n) is 0.390. The molecule has 0 spiro atoms. The molecule has 0 atom stereocenters. The van der Waals surface area contributed by atoms with Crippen molar-refractivity contribution in [3.63, 3.8) is 0 Å². The van der Waals surface area contributed by atoms with E-state index in [0.717, 1.165) is 0 Å². The van der Waals surface area contributed by atoms with E-state index >= 15 is 0 Å². The minimum absolute atomic E-state index is 0.00481. The Balaban J connectivity index is 4.44. The second-order valence-corrected chi connectivity index (χ2v) is 2.39. The maximum absolute atomic E-state index is 10.6. The average Bonchev–Trinajstić information content (AvgIpc) is 1.87. The Bertz CT molecular complexity index is 234. The molecule has 60 valence electrons. The lowest BCUT2D eigenvalue weighted by Gasteiger charge is -1.97. The Morgan fingerprint density at radius 2 is 1.82 bits per heavy atom. The maximum Gasteiger partial charge on any atom is 0.159 e. The number of ketones is 1. The van der Waals surface area contributed by atoms with E-state index in [2.05, 4.69) is 13.2 Å². The van der Waals surface area contributed by atoms with E-state index in [-0.39, 0.29) is 17.1 Å². The van der Waals surface area contributed by atoms with E-state index in [1.165, 1.54) is 13.0 Å². The van der Waals surface area contributed by atoms with Crippen LogP contribution in [0.2, 0.25) is 0 Å². The van der Waals surface area contributed by atoms with Gasteiger partial charge in [-0.15, -0.1) is 0 Å². The normalized spacial score (nSPS) is 10.9.